The van der Waals surface area contributed by atoms with Gasteiger partial charge in [-0.3, -0.25) is 4.90 Å². The van der Waals surface area contributed by atoms with Gasteiger partial charge in [-0.15, -0.1) is 0 Å². The molecule has 3 heteroatoms. The second kappa shape index (κ2) is 6.76. The summed E-state index contributed by atoms with van der Waals surface area (Å²) in [5.74, 6) is 0. The molecule has 0 amide bonds. The molecule has 1 unspecified atom stereocenters. The van der Waals surface area contributed by atoms with E-state index in [0.717, 1.165) is 32.8 Å². The smallest absolute Gasteiger partial charge is 0.0753 e. The van der Waals surface area contributed by atoms with Crippen LogP contribution in [-0.2, 0) is 4.74 Å². The van der Waals surface area contributed by atoms with Crippen molar-refractivity contribution in [2.45, 2.75) is 72.4 Å². The third kappa shape index (κ3) is 6.55. The van der Waals surface area contributed by atoms with Crippen LogP contribution in [-0.4, -0.2) is 48.8 Å². The molecule has 1 aliphatic rings. The Balaban J connectivity index is 2.60. The van der Waals surface area contributed by atoms with Gasteiger partial charge in [0, 0.05) is 31.7 Å². The van der Waals surface area contributed by atoms with Crippen LogP contribution < -0.4 is 5.32 Å². The van der Waals surface area contributed by atoms with Gasteiger partial charge in [0.15, 0.2) is 0 Å². The van der Waals surface area contributed by atoms with Gasteiger partial charge in [0.2, 0.25) is 0 Å². The van der Waals surface area contributed by atoms with Crippen LogP contribution in [0.25, 0.3) is 0 Å². The van der Waals surface area contributed by atoms with Crippen molar-refractivity contribution in [2.75, 3.05) is 32.8 Å². The topological polar surface area (TPSA) is 24.5 Å². The van der Waals surface area contributed by atoms with Crippen LogP contribution in [0.5, 0.6) is 0 Å². The van der Waals surface area contributed by atoms with E-state index in [1.807, 2.05) is 0 Å². The van der Waals surface area contributed by atoms with Crippen molar-refractivity contribution in [3.63, 3.8) is 0 Å². The van der Waals surface area contributed by atoms with Crippen LogP contribution in [0.1, 0.15) is 61.3 Å². The normalized spacial score (nSPS) is 23.6. The van der Waals surface area contributed by atoms with Gasteiger partial charge in [-0.05, 0) is 46.5 Å². The summed E-state index contributed by atoms with van der Waals surface area (Å²) < 4.78 is 5.83. The molecule has 1 heterocycles. The minimum atomic E-state index is 0.00281. The first-order valence-electron chi connectivity index (χ1n) is 8.17. The Bertz CT molecular complexity index is 296. The lowest BCUT2D eigenvalue weighted by Gasteiger charge is -2.43. The van der Waals surface area contributed by atoms with E-state index in [9.17, 15) is 0 Å². The predicted molar refractivity (Wildman–Crippen MR) is 87.2 cm³/mol. The van der Waals surface area contributed by atoms with E-state index in [2.05, 4.69) is 58.7 Å². The molecule has 0 radical (unpaired) electrons. The number of hydrogen-bond acceptors (Lipinski definition) is 3. The molecule has 120 valence electrons. The molecule has 0 aromatic rings. The highest BCUT2D eigenvalue weighted by molar-refractivity contribution is 4.87. The van der Waals surface area contributed by atoms with Gasteiger partial charge < -0.3 is 10.1 Å². The molecule has 1 aliphatic heterocycles. The van der Waals surface area contributed by atoms with E-state index in [1.54, 1.807) is 0 Å². The second-order valence-corrected chi connectivity index (χ2v) is 8.48. The summed E-state index contributed by atoms with van der Waals surface area (Å²) in [6, 6.07) is 0. The average molecular weight is 284 g/mol. The lowest BCUT2D eigenvalue weighted by Crippen LogP contribution is -2.53. The minimum Gasteiger partial charge on any atom is -0.373 e. The zero-order chi connectivity index (χ0) is 15.4. The number of rotatable bonds is 6. The molecule has 1 rings (SSSR count). The van der Waals surface area contributed by atoms with Crippen molar-refractivity contribution in [1.29, 1.82) is 0 Å². The van der Waals surface area contributed by atoms with Crippen molar-refractivity contribution in [1.82, 2.24) is 10.2 Å². The second-order valence-electron chi connectivity index (χ2n) is 8.48. The van der Waals surface area contributed by atoms with Crippen molar-refractivity contribution >= 4 is 0 Å². The molecule has 1 atom stereocenters. The third-order valence-electron chi connectivity index (χ3n) is 4.01. The summed E-state index contributed by atoms with van der Waals surface area (Å²) >= 11 is 0. The maximum atomic E-state index is 5.83. The van der Waals surface area contributed by atoms with Crippen molar-refractivity contribution < 1.29 is 4.74 Å². The monoisotopic (exact) mass is 284 g/mol. The first kappa shape index (κ1) is 17.9. The molecule has 20 heavy (non-hydrogen) atoms. The van der Waals surface area contributed by atoms with E-state index in [4.69, 9.17) is 4.74 Å². The molecule has 0 spiro atoms. The number of nitrogens with one attached hydrogen (secondary N) is 1. The van der Waals surface area contributed by atoms with Crippen molar-refractivity contribution in [3.8, 4) is 0 Å². The lowest BCUT2D eigenvalue weighted by atomic mass is 9.83. The maximum absolute atomic E-state index is 5.83. The van der Waals surface area contributed by atoms with Gasteiger partial charge in [0.25, 0.3) is 0 Å². The number of morpholine rings is 1. The van der Waals surface area contributed by atoms with Crippen LogP contribution in [0.15, 0.2) is 0 Å². The van der Waals surface area contributed by atoms with Gasteiger partial charge in [0.1, 0.15) is 0 Å². The molecule has 3 nitrogen and oxygen atoms in total. The summed E-state index contributed by atoms with van der Waals surface area (Å²) in [6.45, 7) is 21.1. The quantitative estimate of drug-likeness (QED) is 0.810. The molecular formula is C17H36N2O. The highest BCUT2D eigenvalue weighted by Crippen LogP contribution is 2.27. The van der Waals surface area contributed by atoms with Crippen molar-refractivity contribution in [3.05, 3.63) is 0 Å². The molecule has 0 bridgehead atoms. The summed E-state index contributed by atoms with van der Waals surface area (Å²) in [5, 5.41) is 3.70. The first-order valence-corrected chi connectivity index (χ1v) is 8.17. The Morgan fingerprint density at radius 1 is 1.20 bits per heavy atom. The Morgan fingerprint density at radius 3 is 2.35 bits per heavy atom. The molecule has 0 aromatic heterocycles. The van der Waals surface area contributed by atoms with Crippen LogP contribution in [0.3, 0.4) is 0 Å². The lowest BCUT2D eigenvalue weighted by molar-refractivity contribution is -0.0940. The fourth-order valence-electron chi connectivity index (χ4n) is 3.09. The standard InChI is InChI=1S/C17H36N2O/c1-8-9-17(7,12-18-15(2,3)4)14-19-10-11-20-16(5,6)13-19/h18H,8-14H2,1-7H3. The zero-order valence-corrected chi connectivity index (χ0v) is 14.8. The number of nitrogens with zero attached hydrogens (tertiary/aromatic N) is 1. The van der Waals surface area contributed by atoms with Crippen molar-refractivity contribution in [2.24, 2.45) is 5.41 Å². The fourth-order valence-corrected chi connectivity index (χ4v) is 3.09. The van der Waals surface area contributed by atoms with E-state index in [1.165, 1.54) is 12.8 Å². The third-order valence-corrected chi connectivity index (χ3v) is 4.01. The molecule has 1 N–H and O–H groups in total. The highest BCUT2D eigenvalue weighted by atomic mass is 16.5. The molecule has 1 fully saturated rings. The Labute approximate surface area is 126 Å². The minimum absolute atomic E-state index is 0.00281. The van der Waals surface area contributed by atoms with Gasteiger partial charge in [-0.25, -0.2) is 0 Å². The first-order chi connectivity index (χ1) is 9.05. The predicted octanol–water partition coefficient (Wildman–Crippen LogP) is 3.29. The SMILES string of the molecule is CCCC(C)(CNC(C)(C)C)CN1CCOC(C)(C)C1. The molecule has 1 saturated heterocycles. The van der Waals surface area contributed by atoms with Crippen LogP contribution in [0.4, 0.5) is 0 Å². The van der Waals surface area contributed by atoms with Gasteiger partial charge >= 0.3 is 0 Å². The summed E-state index contributed by atoms with van der Waals surface area (Å²) in [5.41, 5.74) is 0.539. The average Bonchev–Trinajstić information content (AvgIpc) is 2.24. The number of ether oxygens (including phenoxy) is 1. The number of hydrogen-bond donors (Lipinski definition) is 1. The maximum Gasteiger partial charge on any atom is 0.0753 e. The zero-order valence-electron chi connectivity index (χ0n) is 14.8. The summed E-state index contributed by atoms with van der Waals surface area (Å²) in [4.78, 5) is 2.59. The Morgan fingerprint density at radius 2 is 1.85 bits per heavy atom. The Hall–Kier alpha value is -0.120. The summed E-state index contributed by atoms with van der Waals surface area (Å²) in [6.07, 6.45) is 2.52. The van der Waals surface area contributed by atoms with E-state index in [0.29, 0.717) is 5.41 Å². The van der Waals surface area contributed by atoms with Crippen LogP contribution >= 0.6 is 0 Å². The molecular weight excluding hydrogens is 248 g/mol. The van der Waals surface area contributed by atoms with E-state index >= 15 is 0 Å². The largest absolute Gasteiger partial charge is 0.373 e. The van der Waals surface area contributed by atoms with Gasteiger partial charge in [0.05, 0.1) is 12.2 Å². The summed E-state index contributed by atoms with van der Waals surface area (Å²) in [7, 11) is 0. The van der Waals surface area contributed by atoms with Gasteiger partial charge in [-0.2, -0.15) is 0 Å². The van der Waals surface area contributed by atoms with E-state index in [-0.39, 0.29) is 11.1 Å². The van der Waals surface area contributed by atoms with Crippen LogP contribution in [0, 0.1) is 5.41 Å². The molecule has 0 saturated carbocycles. The fraction of sp³-hybridized carbons (Fsp3) is 1.00. The highest BCUT2D eigenvalue weighted by Gasteiger charge is 2.33. The molecule has 0 aromatic carbocycles. The Kier molecular flexibility index (Phi) is 6.06. The molecule has 0 aliphatic carbocycles. The van der Waals surface area contributed by atoms with E-state index < -0.39 is 0 Å². The van der Waals surface area contributed by atoms with Gasteiger partial charge in [-0.1, -0.05) is 20.3 Å². The van der Waals surface area contributed by atoms with Crippen LogP contribution in [0.2, 0.25) is 0 Å².